The van der Waals surface area contributed by atoms with Crippen LogP contribution in [0.15, 0.2) is 36.9 Å². The number of nitro benzene ring substituents is 1. The predicted molar refractivity (Wildman–Crippen MR) is 51.4 cm³/mol. The summed E-state index contributed by atoms with van der Waals surface area (Å²) in [5, 5.41) is 14.5. The van der Waals surface area contributed by atoms with Gasteiger partial charge in [-0.15, -0.1) is 0 Å². The maximum Gasteiger partial charge on any atom is 0.269 e. The van der Waals surface area contributed by atoms with Crippen LogP contribution >= 0.6 is 0 Å². The van der Waals surface area contributed by atoms with Crippen molar-refractivity contribution in [3.8, 4) is 5.69 Å². The Hall–Kier alpha value is -1.51. The normalized spacial score (nSPS) is 9.56. The Bertz CT molecular complexity index is 494. The molecule has 1 heterocycles. The van der Waals surface area contributed by atoms with Crippen molar-refractivity contribution in [2.75, 3.05) is 0 Å². The second-order valence-electron chi connectivity index (χ2n) is 3.13. The zero-order valence-electron chi connectivity index (χ0n) is 8.45. The van der Waals surface area contributed by atoms with Crippen molar-refractivity contribution in [1.82, 2.24) is 9.78 Å². The molecule has 6 nitrogen and oxygen atoms in total. The van der Waals surface area contributed by atoms with Crippen LogP contribution in [-0.4, -0.2) is 14.7 Å². The first-order valence-corrected chi connectivity index (χ1v) is 4.31. The predicted octanol–water partition coefficient (Wildman–Crippen LogP) is -2.39. The summed E-state index contributed by atoms with van der Waals surface area (Å²) >= 11 is 0. The van der Waals surface area contributed by atoms with Crippen LogP contribution in [-0.2, 0) is 7.05 Å². The van der Waals surface area contributed by atoms with Crippen LogP contribution in [0.5, 0.6) is 0 Å². The maximum atomic E-state index is 10.4. The first kappa shape index (κ1) is 12.6. The van der Waals surface area contributed by atoms with Crippen molar-refractivity contribution in [2.45, 2.75) is 0 Å². The molecule has 84 valence electrons. The molecule has 1 aromatic heterocycles. The molecule has 0 aliphatic heterocycles. The van der Waals surface area contributed by atoms with Crippen molar-refractivity contribution in [3.63, 3.8) is 0 Å². The Balaban J connectivity index is 0.00000128. The van der Waals surface area contributed by atoms with E-state index < -0.39 is 4.92 Å². The maximum absolute atomic E-state index is 10.4. The number of rotatable bonds is 2. The molecule has 1 aromatic carbocycles. The smallest absolute Gasteiger partial charge is 0.269 e. The fourth-order valence-corrected chi connectivity index (χ4v) is 1.23. The van der Waals surface area contributed by atoms with Gasteiger partial charge in [-0.05, 0) is 12.1 Å². The molecule has 0 spiro atoms. The average Bonchev–Trinajstić information content (AvgIpc) is 2.65. The molecule has 2 aromatic rings. The number of nitro groups is 1. The number of benzene rings is 1. The summed E-state index contributed by atoms with van der Waals surface area (Å²) in [6.07, 6.45) is 3.43. The van der Waals surface area contributed by atoms with Gasteiger partial charge in [-0.25, -0.2) is 4.57 Å². The number of non-ortho nitro benzene ring substituents is 1. The Morgan fingerprint density at radius 3 is 2.44 bits per heavy atom. The molecule has 2 rings (SSSR count). The number of aromatic nitrogens is 3. The molecule has 0 atom stereocenters. The molecule has 0 saturated carbocycles. The molecule has 0 N–H and O–H groups in total. The van der Waals surface area contributed by atoms with Crippen molar-refractivity contribution in [2.24, 2.45) is 7.05 Å². The summed E-state index contributed by atoms with van der Waals surface area (Å²) < 4.78 is 3.44. The van der Waals surface area contributed by atoms with E-state index in [1.54, 1.807) is 34.0 Å². The molecule has 0 saturated heterocycles. The first-order valence-electron chi connectivity index (χ1n) is 4.31. The zero-order valence-corrected chi connectivity index (χ0v) is 10.6. The van der Waals surface area contributed by atoms with Gasteiger partial charge in [-0.1, -0.05) is 4.68 Å². The van der Waals surface area contributed by atoms with E-state index >= 15 is 0 Å². The van der Waals surface area contributed by atoms with Crippen LogP contribution in [0.2, 0.25) is 0 Å². The minimum absolute atomic E-state index is 0. The molecule has 0 aliphatic rings. The van der Waals surface area contributed by atoms with Crippen LogP contribution < -0.4 is 28.5 Å². The molecule has 16 heavy (non-hydrogen) atoms. The van der Waals surface area contributed by atoms with Crippen LogP contribution in [0.25, 0.3) is 5.69 Å². The average molecular weight is 332 g/mol. The second-order valence-corrected chi connectivity index (χ2v) is 3.13. The fraction of sp³-hybridized carbons (Fsp3) is 0.111. The Labute approximate surface area is 109 Å². The number of nitrogens with zero attached hydrogens (tertiary/aromatic N) is 4. The minimum atomic E-state index is -0.424. The van der Waals surface area contributed by atoms with Crippen molar-refractivity contribution >= 4 is 5.69 Å². The summed E-state index contributed by atoms with van der Waals surface area (Å²) in [6.45, 7) is 0. The van der Waals surface area contributed by atoms with Crippen LogP contribution in [0.3, 0.4) is 0 Å². The number of aryl methyl sites for hydroxylation is 1. The first-order chi connectivity index (χ1) is 7.16. The van der Waals surface area contributed by atoms with Gasteiger partial charge in [-0.3, -0.25) is 10.1 Å². The van der Waals surface area contributed by atoms with Gasteiger partial charge in [0.25, 0.3) is 12.0 Å². The van der Waals surface area contributed by atoms with Crippen LogP contribution in [0.4, 0.5) is 5.69 Å². The Kier molecular flexibility index (Phi) is 3.93. The standard InChI is InChI=1S/C9H9N4O2.HI/c1-11-6-10-12(7-11)8-2-4-9(5-3-8)13(14)15;/h2-7H,1H3;1H/q+1;/p-1. The van der Waals surface area contributed by atoms with Gasteiger partial charge in [0.05, 0.1) is 12.0 Å². The Morgan fingerprint density at radius 2 is 2.00 bits per heavy atom. The highest BCUT2D eigenvalue weighted by atomic mass is 127. The summed E-state index contributed by atoms with van der Waals surface area (Å²) in [5.74, 6) is 0. The van der Waals surface area contributed by atoms with Crippen LogP contribution in [0, 0.1) is 10.1 Å². The van der Waals surface area contributed by atoms with Gasteiger partial charge in [-0.2, -0.15) is 0 Å². The zero-order chi connectivity index (χ0) is 10.8. The van der Waals surface area contributed by atoms with Gasteiger partial charge in [0.15, 0.2) is 0 Å². The lowest BCUT2D eigenvalue weighted by Gasteiger charge is -1.92. The lowest BCUT2D eigenvalue weighted by atomic mass is 10.3. The number of hydrogen-bond acceptors (Lipinski definition) is 3. The van der Waals surface area contributed by atoms with E-state index in [4.69, 9.17) is 0 Å². The molecule has 7 heteroatoms. The summed E-state index contributed by atoms with van der Waals surface area (Å²) in [4.78, 5) is 10.0. The molecular weight excluding hydrogens is 323 g/mol. The van der Waals surface area contributed by atoms with Crippen molar-refractivity contribution in [3.05, 3.63) is 47.0 Å². The van der Waals surface area contributed by atoms with E-state index in [0.29, 0.717) is 0 Å². The largest absolute Gasteiger partial charge is 1.00 e. The number of hydrogen-bond donors (Lipinski definition) is 0. The molecular formula is C9H9IN4O2. The lowest BCUT2D eigenvalue weighted by molar-refractivity contribution is -0.672. The highest BCUT2D eigenvalue weighted by Crippen LogP contribution is 2.13. The lowest BCUT2D eigenvalue weighted by Crippen LogP contribution is -3.00. The third kappa shape index (κ3) is 2.54. The molecule has 0 amide bonds. The summed E-state index contributed by atoms with van der Waals surface area (Å²) in [5.41, 5.74) is 0.872. The monoisotopic (exact) mass is 332 g/mol. The quantitative estimate of drug-likeness (QED) is 0.267. The highest BCUT2D eigenvalue weighted by Gasteiger charge is 2.09. The van der Waals surface area contributed by atoms with Gasteiger partial charge in [0.2, 0.25) is 6.33 Å². The van der Waals surface area contributed by atoms with Crippen LogP contribution in [0.1, 0.15) is 0 Å². The van der Waals surface area contributed by atoms with E-state index in [2.05, 4.69) is 5.10 Å². The topological polar surface area (TPSA) is 64.8 Å². The molecule has 0 fully saturated rings. The minimum Gasteiger partial charge on any atom is -1.00 e. The molecule has 0 bridgehead atoms. The number of halogens is 1. The van der Waals surface area contributed by atoms with Crippen molar-refractivity contribution in [1.29, 1.82) is 0 Å². The van der Waals surface area contributed by atoms with E-state index in [-0.39, 0.29) is 29.7 Å². The fourth-order valence-electron chi connectivity index (χ4n) is 1.23. The second kappa shape index (κ2) is 5.01. The Morgan fingerprint density at radius 1 is 1.38 bits per heavy atom. The van der Waals surface area contributed by atoms with Gasteiger partial charge < -0.3 is 24.0 Å². The van der Waals surface area contributed by atoms with Gasteiger partial charge >= 0.3 is 0 Å². The molecule has 0 aliphatic carbocycles. The third-order valence-electron chi connectivity index (χ3n) is 1.97. The van der Waals surface area contributed by atoms with Crippen molar-refractivity contribution < 1.29 is 33.5 Å². The molecule has 0 unspecified atom stereocenters. The highest BCUT2D eigenvalue weighted by molar-refractivity contribution is 5.39. The van der Waals surface area contributed by atoms with E-state index in [1.807, 2.05) is 7.05 Å². The van der Waals surface area contributed by atoms with E-state index in [1.165, 1.54) is 12.1 Å². The van der Waals surface area contributed by atoms with E-state index in [0.717, 1.165) is 5.69 Å². The van der Waals surface area contributed by atoms with Gasteiger partial charge in [0.1, 0.15) is 5.69 Å². The molecule has 0 radical (unpaired) electrons. The SMILES string of the molecule is C[n+]1cnn(-c2ccc([N+](=O)[O-])cc2)c1.[I-]. The summed E-state index contributed by atoms with van der Waals surface area (Å²) in [7, 11) is 1.86. The third-order valence-corrected chi connectivity index (χ3v) is 1.97. The van der Waals surface area contributed by atoms with Gasteiger partial charge in [0, 0.05) is 17.2 Å². The van der Waals surface area contributed by atoms with E-state index in [9.17, 15) is 10.1 Å². The summed E-state index contributed by atoms with van der Waals surface area (Å²) in [6, 6.07) is 6.23.